The Morgan fingerprint density at radius 3 is 2.68 bits per heavy atom. The predicted molar refractivity (Wildman–Crippen MR) is 75.8 cm³/mol. The number of rotatable bonds is 3. The van der Waals surface area contributed by atoms with E-state index in [4.69, 9.17) is 10.5 Å². The summed E-state index contributed by atoms with van der Waals surface area (Å²) < 4.78 is 5.64. The number of amides is 1. The Morgan fingerprint density at radius 2 is 2.05 bits per heavy atom. The molecule has 4 heteroatoms. The van der Waals surface area contributed by atoms with Crippen molar-refractivity contribution in [1.82, 2.24) is 4.90 Å². The van der Waals surface area contributed by atoms with Gasteiger partial charge < -0.3 is 15.4 Å². The molecule has 1 aliphatic heterocycles. The van der Waals surface area contributed by atoms with Gasteiger partial charge in [0.05, 0.1) is 18.2 Å². The van der Waals surface area contributed by atoms with Crippen LogP contribution in [-0.4, -0.2) is 42.1 Å². The summed E-state index contributed by atoms with van der Waals surface area (Å²) in [6, 6.07) is -0.322. The van der Waals surface area contributed by atoms with Crippen LogP contribution in [0.1, 0.15) is 52.4 Å². The molecular formula is C15H28N2O2. The average molecular weight is 268 g/mol. The molecule has 4 nitrogen and oxygen atoms in total. The van der Waals surface area contributed by atoms with Gasteiger partial charge in [0.25, 0.3) is 0 Å². The quantitative estimate of drug-likeness (QED) is 0.851. The van der Waals surface area contributed by atoms with Crippen molar-refractivity contribution in [2.24, 2.45) is 11.7 Å². The van der Waals surface area contributed by atoms with Crippen LogP contribution >= 0.6 is 0 Å². The zero-order chi connectivity index (χ0) is 13.9. The van der Waals surface area contributed by atoms with E-state index in [1.54, 1.807) is 0 Å². The molecule has 110 valence electrons. The van der Waals surface area contributed by atoms with E-state index >= 15 is 0 Å². The minimum atomic E-state index is -0.322. The summed E-state index contributed by atoms with van der Waals surface area (Å²) in [4.78, 5) is 14.3. The molecule has 19 heavy (non-hydrogen) atoms. The molecule has 2 rings (SSSR count). The predicted octanol–water partition coefficient (Wildman–Crippen LogP) is 1.92. The van der Waals surface area contributed by atoms with Gasteiger partial charge in [-0.15, -0.1) is 0 Å². The van der Waals surface area contributed by atoms with Gasteiger partial charge in [-0.2, -0.15) is 0 Å². The van der Waals surface area contributed by atoms with Gasteiger partial charge in [-0.3, -0.25) is 4.79 Å². The van der Waals surface area contributed by atoms with Crippen LogP contribution in [0.3, 0.4) is 0 Å². The van der Waals surface area contributed by atoms with Gasteiger partial charge in [-0.25, -0.2) is 0 Å². The lowest BCUT2D eigenvalue weighted by Crippen LogP contribution is -2.55. The maximum atomic E-state index is 12.4. The van der Waals surface area contributed by atoms with Crippen LogP contribution in [0.15, 0.2) is 0 Å². The summed E-state index contributed by atoms with van der Waals surface area (Å²) in [6.45, 7) is 6.01. The van der Waals surface area contributed by atoms with E-state index in [1.807, 2.05) is 18.7 Å². The molecule has 2 N–H and O–H groups in total. The smallest absolute Gasteiger partial charge is 0.239 e. The van der Waals surface area contributed by atoms with Crippen LogP contribution in [-0.2, 0) is 9.53 Å². The second kappa shape index (κ2) is 6.23. The molecule has 1 amide bonds. The highest BCUT2D eigenvalue weighted by molar-refractivity contribution is 5.81. The van der Waals surface area contributed by atoms with Gasteiger partial charge in [0.15, 0.2) is 0 Å². The van der Waals surface area contributed by atoms with Crippen molar-refractivity contribution >= 4 is 5.91 Å². The lowest BCUT2D eigenvalue weighted by atomic mass is 9.84. The molecular weight excluding hydrogens is 240 g/mol. The number of morpholine rings is 1. The van der Waals surface area contributed by atoms with Crippen molar-refractivity contribution in [3.63, 3.8) is 0 Å². The van der Waals surface area contributed by atoms with Crippen molar-refractivity contribution in [1.29, 1.82) is 0 Å². The minimum absolute atomic E-state index is 0.113. The molecule has 0 radical (unpaired) electrons. The van der Waals surface area contributed by atoms with Crippen molar-refractivity contribution in [2.45, 2.75) is 64.0 Å². The van der Waals surface area contributed by atoms with Gasteiger partial charge in [0.2, 0.25) is 5.91 Å². The number of ether oxygens (including phenoxy) is 1. The van der Waals surface area contributed by atoms with Crippen molar-refractivity contribution in [2.75, 3.05) is 19.7 Å². The van der Waals surface area contributed by atoms with Crippen molar-refractivity contribution in [3.8, 4) is 0 Å². The van der Waals surface area contributed by atoms with E-state index in [9.17, 15) is 4.79 Å². The second-order valence-corrected chi connectivity index (χ2v) is 6.71. The van der Waals surface area contributed by atoms with Crippen LogP contribution in [0.25, 0.3) is 0 Å². The van der Waals surface area contributed by atoms with Crippen molar-refractivity contribution < 1.29 is 9.53 Å². The Bertz CT molecular complexity index is 311. The highest BCUT2D eigenvalue weighted by Gasteiger charge is 2.32. The summed E-state index contributed by atoms with van der Waals surface area (Å²) >= 11 is 0. The SMILES string of the molecule is CC1(C)CN(C(=O)C(N)CC2CCCCC2)CCO1. The summed E-state index contributed by atoms with van der Waals surface area (Å²) in [5.74, 6) is 0.767. The van der Waals surface area contributed by atoms with E-state index in [0.29, 0.717) is 25.6 Å². The number of hydrogen-bond donors (Lipinski definition) is 1. The molecule has 1 atom stereocenters. The molecule has 2 fully saturated rings. The molecule has 1 saturated carbocycles. The van der Waals surface area contributed by atoms with Gasteiger partial charge in [0.1, 0.15) is 0 Å². The summed E-state index contributed by atoms with van der Waals surface area (Å²) in [5, 5.41) is 0. The molecule has 1 heterocycles. The maximum absolute atomic E-state index is 12.4. The fourth-order valence-corrected chi connectivity index (χ4v) is 3.32. The number of hydrogen-bond acceptors (Lipinski definition) is 3. The number of carbonyl (C=O) groups excluding carboxylic acids is 1. The molecule has 1 unspecified atom stereocenters. The molecule has 0 aromatic heterocycles. The second-order valence-electron chi connectivity index (χ2n) is 6.71. The minimum Gasteiger partial charge on any atom is -0.372 e. The average Bonchev–Trinajstić information content (AvgIpc) is 2.38. The van der Waals surface area contributed by atoms with E-state index in [0.717, 1.165) is 6.42 Å². The summed E-state index contributed by atoms with van der Waals surface area (Å²) in [5.41, 5.74) is 5.90. The van der Waals surface area contributed by atoms with E-state index in [2.05, 4.69) is 0 Å². The van der Waals surface area contributed by atoms with Crippen LogP contribution in [0.2, 0.25) is 0 Å². The summed E-state index contributed by atoms with van der Waals surface area (Å²) in [7, 11) is 0. The van der Waals surface area contributed by atoms with E-state index in [-0.39, 0.29) is 17.6 Å². The highest BCUT2D eigenvalue weighted by Crippen LogP contribution is 2.27. The van der Waals surface area contributed by atoms with Crippen LogP contribution in [0, 0.1) is 5.92 Å². The largest absolute Gasteiger partial charge is 0.372 e. The Labute approximate surface area is 116 Å². The molecule has 0 bridgehead atoms. The first-order valence-corrected chi connectivity index (χ1v) is 7.66. The molecule has 0 spiro atoms. The third-order valence-electron chi connectivity index (χ3n) is 4.37. The third kappa shape index (κ3) is 4.18. The highest BCUT2D eigenvalue weighted by atomic mass is 16.5. The molecule has 0 aromatic carbocycles. The molecule has 1 aliphatic carbocycles. The van der Waals surface area contributed by atoms with E-state index in [1.165, 1.54) is 32.1 Å². The molecule has 1 saturated heterocycles. The van der Waals surface area contributed by atoms with Gasteiger partial charge in [0, 0.05) is 13.1 Å². The lowest BCUT2D eigenvalue weighted by Gasteiger charge is -2.39. The fourth-order valence-electron chi connectivity index (χ4n) is 3.32. The van der Waals surface area contributed by atoms with E-state index < -0.39 is 0 Å². The Morgan fingerprint density at radius 1 is 1.37 bits per heavy atom. The standard InChI is InChI=1S/C15H28N2O2/c1-15(2)11-17(8-9-19-15)14(18)13(16)10-12-6-4-3-5-7-12/h12-13H,3-11,16H2,1-2H3. The molecule has 0 aromatic rings. The van der Waals surface area contributed by atoms with Crippen molar-refractivity contribution in [3.05, 3.63) is 0 Å². The molecule has 2 aliphatic rings. The Kier molecular flexibility index (Phi) is 4.85. The Balaban J connectivity index is 1.84. The Hall–Kier alpha value is -0.610. The monoisotopic (exact) mass is 268 g/mol. The maximum Gasteiger partial charge on any atom is 0.239 e. The first-order chi connectivity index (χ1) is 8.98. The first kappa shape index (κ1) is 14.8. The topological polar surface area (TPSA) is 55.6 Å². The first-order valence-electron chi connectivity index (χ1n) is 7.66. The number of nitrogens with zero attached hydrogens (tertiary/aromatic N) is 1. The lowest BCUT2D eigenvalue weighted by molar-refractivity contribution is -0.147. The third-order valence-corrected chi connectivity index (χ3v) is 4.37. The van der Waals surface area contributed by atoms with Crippen LogP contribution in [0.5, 0.6) is 0 Å². The summed E-state index contributed by atoms with van der Waals surface area (Å²) in [6.07, 6.45) is 7.30. The number of nitrogens with two attached hydrogens (primary N) is 1. The van der Waals surface area contributed by atoms with Crippen LogP contribution < -0.4 is 5.73 Å². The van der Waals surface area contributed by atoms with Crippen LogP contribution in [0.4, 0.5) is 0 Å². The fraction of sp³-hybridized carbons (Fsp3) is 0.933. The normalized spacial score (nSPS) is 26.2. The zero-order valence-electron chi connectivity index (χ0n) is 12.4. The van der Waals surface area contributed by atoms with Gasteiger partial charge in [-0.1, -0.05) is 32.1 Å². The van der Waals surface area contributed by atoms with Gasteiger partial charge in [-0.05, 0) is 26.2 Å². The zero-order valence-corrected chi connectivity index (χ0v) is 12.4. The number of carbonyl (C=O) groups is 1. The van der Waals surface area contributed by atoms with Gasteiger partial charge >= 0.3 is 0 Å².